The first-order valence-corrected chi connectivity index (χ1v) is 8.87. The molecule has 0 saturated carbocycles. The van der Waals surface area contributed by atoms with E-state index in [-0.39, 0.29) is 11.3 Å². The molecule has 0 saturated heterocycles. The molecular formula is C22H27N2O2+. The average Bonchev–Trinajstić information content (AvgIpc) is 2.86. The van der Waals surface area contributed by atoms with Gasteiger partial charge in [0.1, 0.15) is 24.2 Å². The Hall–Kier alpha value is -2.62. The number of methoxy groups -OCH3 is 2. The summed E-state index contributed by atoms with van der Waals surface area (Å²) in [5.74, 6) is 1.66. The maximum absolute atomic E-state index is 5.45. The van der Waals surface area contributed by atoms with E-state index in [0.29, 0.717) is 5.75 Å². The van der Waals surface area contributed by atoms with Crippen LogP contribution in [0.2, 0.25) is 0 Å². The molecule has 3 rings (SSSR count). The summed E-state index contributed by atoms with van der Waals surface area (Å²) in [5, 5.41) is 0. The van der Waals surface area contributed by atoms with E-state index in [4.69, 9.17) is 14.5 Å². The van der Waals surface area contributed by atoms with Crippen LogP contribution in [0.15, 0.2) is 47.5 Å². The first-order chi connectivity index (χ1) is 12.4. The van der Waals surface area contributed by atoms with E-state index in [1.807, 2.05) is 24.4 Å². The van der Waals surface area contributed by atoms with Gasteiger partial charge in [-0.1, -0.05) is 18.2 Å². The van der Waals surface area contributed by atoms with Crippen molar-refractivity contribution in [3.8, 4) is 11.5 Å². The summed E-state index contributed by atoms with van der Waals surface area (Å²) in [5.41, 5.74) is 4.75. The van der Waals surface area contributed by atoms with Crippen molar-refractivity contribution < 1.29 is 14.0 Å². The van der Waals surface area contributed by atoms with Crippen LogP contribution in [0, 0.1) is 5.92 Å². The van der Waals surface area contributed by atoms with Gasteiger partial charge in [-0.25, -0.2) is 4.58 Å². The number of fused-ring (bicyclic) bond motifs is 1. The van der Waals surface area contributed by atoms with Crippen LogP contribution in [-0.4, -0.2) is 37.8 Å². The fourth-order valence-corrected chi connectivity index (χ4v) is 4.01. The lowest BCUT2D eigenvalue weighted by Crippen LogP contribution is -2.34. The third-order valence-electron chi connectivity index (χ3n) is 5.20. The fraction of sp³-hybridized carbons (Fsp3) is 0.364. The second-order valence-corrected chi connectivity index (χ2v) is 7.19. The van der Waals surface area contributed by atoms with Gasteiger partial charge in [0, 0.05) is 23.9 Å². The minimum absolute atomic E-state index is 0.0270. The Morgan fingerprint density at radius 3 is 2.46 bits per heavy atom. The van der Waals surface area contributed by atoms with Gasteiger partial charge in [-0.05, 0) is 32.9 Å². The van der Waals surface area contributed by atoms with E-state index in [1.165, 1.54) is 17.0 Å². The number of rotatable bonds is 5. The number of hydrogen-bond donors (Lipinski definition) is 0. The Bertz CT molecular complexity index is 881. The van der Waals surface area contributed by atoms with E-state index >= 15 is 0 Å². The molecular weight excluding hydrogens is 324 g/mol. The lowest BCUT2D eigenvalue weighted by Gasteiger charge is -2.20. The Labute approximate surface area is 155 Å². The van der Waals surface area contributed by atoms with Crippen LogP contribution in [-0.2, 0) is 5.41 Å². The van der Waals surface area contributed by atoms with Gasteiger partial charge in [0.25, 0.3) is 0 Å². The minimum Gasteiger partial charge on any atom is -0.497 e. The minimum atomic E-state index is -0.0270. The number of benzene rings is 2. The summed E-state index contributed by atoms with van der Waals surface area (Å²) < 4.78 is 13.0. The smallest absolute Gasteiger partial charge is 0.209 e. The molecule has 0 aromatic heterocycles. The van der Waals surface area contributed by atoms with Crippen LogP contribution in [0.25, 0.3) is 0 Å². The van der Waals surface area contributed by atoms with Gasteiger partial charge in [0.2, 0.25) is 5.69 Å². The predicted molar refractivity (Wildman–Crippen MR) is 107 cm³/mol. The maximum Gasteiger partial charge on any atom is 0.209 e. The molecule has 0 spiro atoms. The van der Waals surface area contributed by atoms with Crippen molar-refractivity contribution in [1.82, 2.24) is 0 Å². The summed E-state index contributed by atoms with van der Waals surface area (Å²) >= 11 is 0. The molecule has 1 unspecified atom stereocenters. The van der Waals surface area contributed by atoms with Crippen molar-refractivity contribution in [3.63, 3.8) is 0 Å². The first-order valence-electron chi connectivity index (χ1n) is 8.87. The van der Waals surface area contributed by atoms with Crippen LogP contribution in [0.3, 0.4) is 0 Å². The van der Waals surface area contributed by atoms with E-state index < -0.39 is 0 Å². The van der Waals surface area contributed by atoms with Crippen LogP contribution in [0.1, 0.15) is 26.3 Å². The van der Waals surface area contributed by atoms with Crippen LogP contribution < -0.4 is 9.47 Å². The molecule has 1 heterocycles. The Balaban J connectivity index is 1.93. The summed E-state index contributed by atoms with van der Waals surface area (Å²) in [6.07, 6.45) is 2.00. The average molecular weight is 351 g/mol. The van der Waals surface area contributed by atoms with Crippen LogP contribution >= 0.6 is 0 Å². The second-order valence-electron chi connectivity index (χ2n) is 7.19. The lowest BCUT2D eigenvalue weighted by molar-refractivity contribution is -0.404. The predicted octanol–water partition coefficient (Wildman–Crippen LogP) is 4.75. The molecule has 0 aliphatic carbocycles. The monoisotopic (exact) mass is 351 g/mol. The van der Waals surface area contributed by atoms with Gasteiger partial charge in [-0.2, -0.15) is 0 Å². The van der Waals surface area contributed by atoms with Crippen molar-refractivity contribution in [3.05, 3.63) is 48.0 Å². The van der Waals surface area contributed by atoms with Crippen LogP contribution in [0.5, 0.6) is 11.5 Å². The van der Waals surface area contributed by atoms with Gasteiger partial charge in [-0.15, -0.1) is 0 Å². The Morgan fingerprint density at radius 2 is 1.81 bits per heavy atom. The van der Waals surface area contributed by atoms with Crippen molar-refractivity contribution in [1.29, 1.82) is 0 Å². The van der Waals surface area contributed by atoms with Gasteiger partial charge in [-0.3, -0.25) is 4.99 Å². The first kappa shape index (κ1) is 18.2. The summed E-state index contributed by atoms with van der Waals surface area (Å²) in [4.78, 5) is 4.71. The lowest BCUT2D eigenvalue weighted by atomic mass is 9.77. The number of ether oxygens (including phenoxy) is 2. The molecule has 0 bridgehead atoms. The Kier molecular flexibility index (Phi) is 4.86. The third-order valence-corrected chi connectivity index (χ3v) is 5.20. The largest absolute Gasteiger partial charge is 0.497 e. The van der Waals surface area contributed by atoms with E-state index in [0.717, 1.165) is 11.4 Å². The highest BCUT2D eigenvalue weighted by Gasteiger charge is 2.45. The number of para-hydroxylation sites is 1. The van der Waals surface area contributed by atoms with Gasteiger partial charge in [0.05, 0.1) is 25.6 Å². The van der Waals surface area contributed by atoms with Crippen molar-refractivity contribution in [2.45, 2.75) is 26.2 Å². The number of nitrogens with zero attached hydrogens (tertiary/aromatic N) is 2. The van der Waals surface area contributed by atoms with Crippen molar-refractivity contribution in [2.75, 3.05) is 21.3 Å². The highest BCUT2D eigenvalue weighted by atomic mass is 16.5. The van der Waals surface area contributed by atoms with E-state index in [1.54, 1.807) is 14.2 Å². The molecule has 2 aromatic carbocycles. The molecule has 0 amide bonds. The molecule has 0 N–H and O–H groups in total. The molecule has 0 radical (unpaired) electrons. The standard InChI is InChI=1S/C22H27N2O2/c1-15(14-23-18-12-11-16(25-5)13-20(18)26-6)21-22(2,3)17-9-7-8-10-19(17)24(21)4/h7-15H,1-6H3/q+1. The Morgan fingerprint density at radius 1 is 1.08 bits per heavy atom. The molecule has 136 valence electrons. The van der Waals surface area contributed by atoms with Crippen LogP contribution in [0.4, 0.5) is 11.4 Å². The molecule has 0 fully saturated rings. The normalized spacial score (nSPS) is 16.7. The van der Waals surface area contributed by atoms with Crippen molar-refractivity contribution >= 4 is 23.3 Å². The number of hydrogen-bond acceptors (Lipinski definition) is 3. The quantitative estimate of drug-likeness (QED) is 0.575. The molecule has 4 nitrogen and oxygen atoms in total. The highest BCUT2D eigenvalue weighted by Crippen LogP contribution is 2.40. The summed E-state index contributed by atoms with van der Waals surface area (Å²) in [6, 6.07) is 14.3. The highest BCUT2D eigenvalue weighted by molar-refractivity contribution is 6.04. The zero-order valence-electron chi connectivity index (χ0n) is 16.4. The summed E-state index contributed by atoms with van der Waals surface area (Å²) in [6.45, 7) is 6.75. The molecule has 26 heavy (non-hydrogen) atoms. The molecule has 1 aliphatic rings. The van der Waals surface area contributed by atoms with Crippen molar-refractivity contribution in [2.24, 2.45) is 10.9 Å². The molecule has 1 aliphatic heterocycles. The van der Waals surface area contributed by atoms with E-state index in [2.05, 4.69) is 56.7 Å². The van der Waals surface area contributed by atoms with E-state index in [9.17, 15) is 0 Å². The number of aliphatic imine (C=N–C) groups is 1. The van der Waals surface area contributed by atoms with Gasteiger partial charge < -0.3 is 9.47 Å². The fourth-order valence-electron chi connectivity index (χ4n) is 4.01. The summed E-state index contributed by atoms with van der Waals surface area (Å²) in [7, 11) is 5.43. The van der Waals surface area contributed by atoms with Gasteiger partial charge in [0.15, 0.2) is 5.71 Å². The molecule has 1 atom stereocenters. The maximum atomic E-state index is 5.45. The topological polar surface area (TPSA) is 33.8 Å². The third kappa shape index (κ3) is 3.00. The zero-order valence-corrected chi connectivity index (χ0v) is 16.4. The second kappa shape index (κ2) is 6.94. The zero-order chi connectivity index (χ0) is 18.9. The van der Waals surface area contributed by atoms with Gasteiger partial charge >= 0.3 is 0 Å². The molecule has 2 aromatic rings. The molecule has 4 heteroatoms. The SMILES string of the molecule is COc1ccc(N=CC(C)C2=[N+](C)c3ccccc3C2(C)C)c(OC)c1.